The summed E-state index contributed by atoms with van der Waals surface area (Å²) in [6.07, 6.45) is 3.07. The van der Waals surface area contributed by atoms with Crippen molar-refractivity contribution in [3.63, 3.8) is 0 Å². The molecular formula is C23H29N3O3. The van der Waals surface area contributed by atoms with Crippen LogP contribution in [0.15, 0.2) is 47.6 Å². The first kappa shape index (κ1) is 20.7. The number of amides is 1. The van der Waals surface area contributed by atoms with Gasteiger partial charge in [-0.15, -0.1) is 0 Å². The maximum atomic E-state index is 12.5. The molecule has 6 heteroatoms. The van der Waals surface area contributed by atoms with Gasteiger partial charge in [0.15, 0.2) is 11.5 Å². The molecule has 1 amide bonds. The fourth-order valence-electron chi connectivity index (χ4n) is 3.10. The minimum atomic E-state index is -0.111. The molecule has 0 bridgehead atoms. The summed E-state index contributed by atoms with van der Waals surface area (Å²) in [6.45, 7) is 6.13. The topological polar surface area (TPSA) is 63.2 Å². The van der Waals surface area contributed by atoms with Crippen LogP contribution in [-0.4, -0.2) is 31.9 Å². The second-order valence-corrected chi connectivity index (χ2v) is 7.13. The number of hydrogen-bond donors (Lipinski definition) is 1. The number of hydrazone groups is 1. The Morgan fingerprint density at radius 2 is 1.97 bits per heavy atom. The van der Waals surface area contributed by atoms with E-state index in [4.69, 9.17) is 9.47 Å². The Hall–Kier alpha value is -3.02. The lowest BCUT2D eigenvalue weighted by atomic mass is 10.1. The molecule has 154 valence electrons. The number of nitrogens with one attached hydrogen (secondary N) is 1. The molecule has 6 nitrogen and oxygen atoms in total. The second-order valence-electron chi connectivity index (χ2n) is 7.13. The number of carbonyl (C=O) groups is 1. The third-order valence-corrected chi connectivity index (χ3v) is 4.84. The molecule has 0 radical (unpaired) electrons. The van der Waals surface area contributed by atoms with Crippen LogP contribution < -0.4 is 19.8 Å². The lowest BCUT2D eigenvalue weighted by Crippen LogP contribution is -2.23. The molecule has 1 aliphatic rings. The molecule has 0 spiro atoms. The SMILES string of the molecule is CCCCOc1ccc(CNC(=O)c2ccc(N3CCC(C)=N3)cc2)cc1OC. The highest BCUT2D eigenvalue weighted by Gasteiger charge is 2.14. The van der Waals surface area contributed by atoms with Crippen LogP contribution >= 0.6 is 0 Å². The number of benzene rings is 2. The van der Waals surface area contributed by atoms with Gasteiger partial charge in [0.25, 0.3) is 5.91 Å². The highest BCUT2D eigenvalue weighted by Crippen LogP contribution is 2.28. The van der Waals surface area contributed by atoms with Crippen molar-refractivity contribution in [3.05, 3.63) is 53.6 Å². The Bertz CT molecular complexity index is 862. The van der Waals surface area contributed by atoms with Gasteiger partial charge in [-0.2, -0.15) is 5.10 Å². The van der Waals surface area contributed by atoms with Gasteiger partial charge in [0.05, 0.1) is 19.4 Å². The predicted octanol–water partition coefficient (Wildman–Crippen LogP) is 4.39. The number of carbonyl (C=O) groups excluding carboxylic acids is 1. The number of nitrogens with zero attached hydrogens (tertiary/aromatic N) is 2. The van der Waals surface area contributed by atoms with Gasteiger partial charge in [-0.1, -0.05) is 19.4 Å². The average molecular weight is 396 g/mol. The lowest BCUT2D eigenvalue weighted by Gasteiger charge is -2.14. The number of unbranched alkanes of at least 4 members (excludes halogenated alkanes) is 1. The maximum Gasteiger partial charge on any atom is 0.251 e. The summed E-state index contributed by atoms with van der Waals surface area (Å²) in [5, 5.41) is 9.41. The number of methoxy groups -OCH3 is 1. The Morgan fingerprint density at radius 3 is 2.62 bits per heavy atom. The van der Waals surface area contributed by atoms with E-state index in [0.717, 1.165) is 48.5 Å². The normalized spacial score (nSPS) is 13.2. The predicted molar refractivity (Wildman–Crippen MR) is 116 cm³/mol. The third kappa shape index (κ3) is 5.50. The minimum absolute atomic E-state index is 0.111. The van der Waals surface area contributed by atoms with Gasteiger partial charge in [-0.05, 0) is 55.3 Å². The molecule has 1 heterocycles. The van der Waals surface area contributed by atoms with Gasteiger partial charge in [0.2, 0.25) is 0 Å². The summed E-state index contributed by atoms with van der Waals surface area (Å²) in [5.41, 5.74) is 3.71. The largest absolute Gasteiger partial charge is 0.493 e. The molecule has 29 heavy (non-hydrogen) atoms. The van der Waals surface area contributed by atoms with Crippen molar-refractivity contribution in [2.24, 2.45) is 5.10 Å². The van der Waals surface area contributed by atoms with Crippen molar-refractivity contribution in [2.45, 2.75) is 39.7 Å². The summed E-state index contributed by atoms with van der Waals surface area (Å²) < 4.78 is 11.2. The van der Waals surface area contributed by atoms with Crippen LogP contribution in [0.4, 0.5) is 5.69 Å². The summed E-state index contributed by atoms with van der Waals surface area (Å²) >= 11 is 0. The van der Waals surface area contributed by atoms with E-state index in [1.54, 1.807) is 7.11 Å². The second kappa shape index (κ2) is 9.96. The van der Waals surface area contributed by atoms with Crippen LogP contribution in [0.25, 0.3) is 0 Å². The van der Waals surface area contributed by atoms with Crippen LogP contribution in [0, 0.1) is 0 Å². The Morgan fingerprint density at radius 1 is 1.17 bits per heavy atom. The summed E-state index contributed by atoms with van der Waals surface area (Å²) in [5.74, 6) is 1.30. The summed E-state index contributed by atoms with van der Waals surface area (Å²) in [4.78, 5) is 12.5. The molecule has 0 aromatic heterocycles. The van der Waals surface area contributed by atoms with E-state index in [1.807, 2.05) is 54.4 Å². The Balaban J connectivity index is 1.57. The van der Waals surface area contributed by atoms with Gasteiger partial charge in [0, 0.05) is 30.8 Å². The maximum absolute atomic E-state index is 12.5. The standard InChI is InChI=1S/C23H29N3O3/c1-4-5-14-29-21-11-6-18(15-22(21)28-3)16-24-23(27)19-7-9-20(10-8-19)26-13-12-17(2)25-26/h6-11,15H,4-5,12-14,16H2,1-3H3,(H,24,27). The summed E-state index contributed by atoms with van der Waals surface area (Å²) in [7, 11) is 1.62. The third-order valence-electron chi connectivity index (χ3n) is 4.84. The van der Waals surface area contributed by atoms with Crippen molar-refractivity contribution in [3.8, 4) is 11.5 Å². The van der Waals surface area contributed by atoms with Gasteiger partial charge < -0.3 is 14.8 Å². The molecule has 0 unspecified atom stereocenters. The monoisotopic (exact) mass is 395 g/mol. The van der Waals surface area contributed by atoms with Gasteiger partial charge in [-0.3, -0.25) is 9.80 Å². The zero-order valence-electron chi connectivity index (χ0n) is 17.4. The van der Waals surface area contributed by atoms with Gasteiger partial charge in [-0.25, -0.2) is 0 Å². The molecular weight excluding hydrogens is 366 g/mol. The van der Waals surface area contributed by atoms with Gasteiger partial charge in [0.1, 0.15) is 0 Å². The first-order valence-corrected chi connectivity index (χ1v) is 10.1. The van der Waals surface area contributed by atoms with Crippen LogP contribution in [0.3, 0.4) is 0 Å². The Kier molecular flexibility index (Phi) is 7.11. The molecule has 2 aromatic carbocycles. The van der Waals surface area contributed by atoms with Crippen molar-refractivity contribution in [2.75, 3.05) is 25.3 Å². The summed E-state index contributed by atoms with van der Waals surface area (Å²) in [6, 6.07) is 13.3. The molecule has 0 saturated carbocycles. The van der Waals surface area contributed by atoms with E-state index in [2.05, 4.69) is 17.3 Å². The van der Waals surface area contributed by atoms with Crippen molar-refractivity contribution in [1.82, 2.24) is 5.32 Å². The van der Waals surface area contributed by atoms with Crippen LogP contribution in [0.2, 0.25) is 0 Å². The molecule has 1 N–H and O–H groups in total. The van der Waals surface area contributed by atoms with E-state index in [-0.39, 0.29) is 5.91 Å². The van der Waals surface area contributed by atoms with Crippen molar-refractivity contribution >= 4 is 17.3 Å². The van der Waals surface area contributed by atoms with E-state index in [0.29, 0.717) is 24.5 Å². The molecule has 0 saturated heterocycles. The number of hydrogen-bond acceptors (Lipinski definition) is 5. The number of anilines is 1. The highest BCUT2D eigenvalue weighted by molar-refractivity contribution is 5.94. The zero-order chi connectivity index (χ0) is 20.6. The van der Waals surface area contributed by atoms with Crippen molar-refractivity contribution in [1.29, 1.82) is 0 Å². The average Bonchev–Trinajstić information content (AvgIpc) is 3.19. The molecule has 0 fully saturated rings. The molecule has 1 aliphatic heterocycles. The highest BCUT2D eigenvalue weighted by atomic mass is 16.5. The molecule has 3 rings (SSSR count). The van der Waals surface area contributed by atoms with Crippen molar-refractivity contribution < 1.29 is 14.3 Å². The van der Waals surface area contributed by atoms with E-state index >= 15 is 0 Å². The van der Waals surface area contributed by atoms with E-state index < -0.39 is 0 Å². The fraction of sp³-hybridized carbons (Fsp3) is 0.391. The van der Waals surface area contributed by atoms with E-state index in [1.165, 1.54) is 0 Å². The quantitative estimate of drug-likeness (QED) is 0.640. The first-order valence-electron chi connectivity index (χ1n) is 10.1. The zero-order valence-corrected chi connectivity index (χ0v) is 17.4. The Labute approximate surface area is 172 Å². The molecule has 0 atom stereocenters. The fourth-order valence-corrected chi connectivity index (χ4v) is 3.10. The van der Waals surface area contributed by atoms with Gasteiger partial charge >= 0.3 is 0 Å². The lowest BCUT2D eigenvalue weighted by molar-refractivity contribution is 0.0951. The number of ether oxygens (including phenoxy) is 2. The minimum Gasteiger partial charge on any atom is -0.493 e. The first-order chi connectivity index (χ1) is 14.1. The molecule has 0 aliphatic carbocycles. The van der Waals surface area contributed by atoms with Crippen LogP contribution in [-0.2, 0) is 6.54 Å². The molecule has 2 aromatic rings. The van der Waals surface area contributed by atoms with Crippen LogP contribution in [0.1, 0.15) is 49.0 Å². The van der Waals surface area contributed by atoms with E-state index in [9.17, 15) is 4.79 Å². The number of rotatable bonds is 9. The smallest absolute Gasteiger partial charge is 0.251 e. The van der Waals surface area contributed by atoms with Crippen LogP contribution in [0.5, 0.6) is 11.5 Å².